The predicted molar refractivity (Wildman–Crippen MR) is 82.1 cm³/mol. The van der Waals surface area contributed by atoms with Gasteiger partial charge in [0.05, 0.1) is 17.9 Å². The molecule has 0 amide bonds. The number of hydrogen-bond donors (Lipinski definition) is 1. The molecule has 7 nitrogen and oxygen atoms in total. The van der Waals surface area contributed by atoms with Gasteiger partial charge in [0.1, 0.15) is 15.9 Å². The van der Waals surface area contributed by atoms with Crippen LogP contribution in [0.15, 0.2) is 11.1 Å². The largest absolute Gasteiger partial charge is 0.335 e. The summed E-state index contributed by atoms with van der Waals surface area (Å²) < 4.78 is 30.8. The number of imidazole rings is 1. The molecule has 2 aromatic heterocycles. The van der Waals surface area contributed by atoms with E-state index in [0.29, 0.717) is 5.69 Å². The average Bonchev–Trinajstić information content (AvgIpc) is 2.98. The number of sulfonamides is 1. The maximum absolute atomic E-state index is 12.4. The van der Waals surface area contributed by atoms with Gasteiger partial charge >= 0.3 is 0 Å². The Morgan fingerprint density at radius 2 is 2.18 bits per heavy atom. The van der Waals surface area contributed by atoms with Gasteiger partial charge in [0.2, 0.25) is 10.0 Å². The molecule has 0 fully saturated rings. The lowest BCUT2D eigenvalue weighted by molar-refractivity contribution is 0.522. The molecular weight excluding hydrogens is 326 g/mol. The standard InChI is InChI=1S/C13H18ClN5O2S/c1-9-12(13(14)18(2)17-9)22(20,21)15-7-10-8-19-6-4-3-5-11(19)16-10/h8,15H,3-7H2,1-2H3. The van der Waals surface area contributed by atoms with Gasteiger partial charge in [0.15, 0.2) is 0 Å². The van der Waals surface area contributed by atoms with Crippen LogP contribution in [0.2, 0.25) is 5.15 Å². The molecule has 3 rings (SSSR count). The van der Waals surface area contributed by atoms with Crippen molar-refractivity contribution >= 4 is 21.6 Å². The van der Waals surface area contributed by atoms with Crippen molar-refractivity contribution in [3.8, 4) is 0 Å². The average molecular weight is 344 g/mol. The minimum Gasteiger partial charge on any atom is -0.335 e. The highest BCUT2D eigenvalue weighted by Crippen LogP contribution is 2.24. The molecule has 0 atom stereocenters. The van der Waals surface area contributed by atoms with E-state index in [1.807, 2.05) is 6.20 Å². The first-order valence-electron chi connectivity index (χ1n) is 7.12. The van der Waals surface area contributed by atoms with Gasteiger partial charge in [-0.05, 0) is 19.8 Å². The Balaban J connectivity index is 1.79. The van der Waals surface area contributed by atoms with E-state index in [4.69, 9.17) is 11.6 Å². The highest BCUT2D eigenvalue weighted by Gasteiger charge is 2.25. The van der Waals surface area contributed by atoms with Crippen molar-refractivity contribution in [1.82, 2.24) is 24.1 Å². The summed E-state index contributed by atoms with van der Waals surface area (Å²) in [6, 6.07) is 0. The first-order chi connectivity index (χ1) is 10.4. The van der Waals surface area contributed by atoms with Gasteiger partial charge in [0.25, 0.3) is 0 Å². The van der Waals surface area contributed by atoms with Crippen LogP contribution >= 0.6 is 11.6 Å². The summed E-state index contributed by atoms with van der Waals surface area (Å²) in [6.07, 6.45) is 5.13. The van der Waals surface area contributed by atoms with Crippen molar-refractivity contribution in [1.29, 1.82) is 0 Å². The van der Waals surface area contributed by atoms with Crippen molar-refractivity contribution in [3.05, 3.63) is 28.6 Å². The predicted octanol–water partition coefficient (Wildman–Crippen LogP) is 1.39. The minimum atomic E-state index is -3.71. The Labute approximate surface area is 134 Å². The lowest BCUT2D eigenvalue weighted by Gasteiger charge is -2.11. The lowest BCUT2D eigenvalue weighted by Crippen LogP contribution is -2.24. The van der Waals surface area contributed by atoms with Gasteiger partial charge < -0.3 is 4.57 Å². The number of aryl methyl sites for hydroxylation is 4. The molecule has 0 radical (unpaired) electrons. The highest BCUT2D eigenvalue weighted by atomic mass is 35.5. The molecule has 22 heavy (non-hydrogen) atoms. The van der Waals surface area contributed by atoms with Crippen LogP contribution in [0.1, 0.15) is 30.1 Å². The van der Waals surface area contributed by atoms with Crippen molar-refractivity contribution < 1.29 is 8.42 Å². The first-order valence-corrected chi connectivity index (χ1v) is 8.98. The van der Waals surface area contributed by atoms with Crippen LogP contribution in [0.25, 0.3) is 0 Å². The fourth-order valence-corrected chi connectivity index (χ4v) is 4.46. The van der Waals surface area contributed by atoms with Gasteiger partial charge in [-0.25, -0.2) is 18.1 Å². The second-order valence-electron chi connectivity index (χ2n) is 5.45. The molecule has 120 valence electrons. The molecule has 1 aliphatic rings. The van der Waals surface area contributed by atoms with Crippen LogP contribution in [-0.2, 0) is 36.6 Å². The summed E-state index contributed by atoms with van der Waals surface area (Å²) in [5, 5.41) is 4.14. The topological polar surface area (TPSA) is 81.8 Å². The van der Waals surface area contributed by atoms with E-state index in [-0.39, 0.29) is 16.6 Å². The molecule has 0 bridgehead atoms. The van der Waals surface area contributed by atoms with Gasteiger partial charge in [-0.3, -0.25) is 4.68 Å². The summed E-state index contributed by atoms with van der Waals surface area (Å²) in [5.74, 6) is 1.02. The Hall–Kier alpha value is -1.38. The van der Waals surface area contributed by atoms with Crippen molar-refractivity contribution in [2.75, 3.05) is 0 Å². The first kappa shape index (κ1) is 15.5. The zero-order chi connectivity index (χ0) is 15.9. The lowest BCUT2D eigenvalue weighted by atomic mass is 10.2. The summed E-state index contributed by atoms with van der Waals surface area (Å²) in [7, 11) is -2.11. The number of rotatable bonds is 4. The number of aromatic nitrogens is 4. The Bertz CT molecular complexity index is 785. The van der Waals surface area contributed by atoms with E-state index in [1.54, 1.807) is 14.0 Å². The molecular formula is C13H18ClN5O2S. The van der Waals surface area contributed by atoms with Crippen LogP contribution in [0.4, 0.5) is 0 Å². The zero-order valence-electron chi connectivity index (χ0n) is 12.5. The molecule has 0 unspecified atom stereocenters. The van der Waals surface area contributed by atoms with Gasteiger partial charge in [-0.1, -0.05) is 11.6 Å². The molecule has 0 spiro atoms. The quantitative estimate of drug-likeness (QED) is 0.909. The molecule has 0 aromatic carbocycles. The monoisotopic (exact) mass is 343 g/mol. The van der Waals surface area contributed by atoms with Gasteiger partial charge in [-0.15, -0.1) is 0 Å². The molecule has 3 heterocycles. The number of fused-ring (bicyclic) bond motifs is 1. The summed E-state index contributed by atoms with van der Waals surface area (Å²) in [5.41, 5.74) is 1.10. The van der Waals surface area contributed by atoms with Crippen LogP contribution in [0.5, 0.6) is 0 Å². The van der Waals surface area contributed by atoms with Crippen LogP contribution in [-0.4, -0.2) is 27.7 Å². The zero-order valence-corrected chi connectivity index (χ0v) is 14.1. The number of nitrogens with zero attached hydrogens (tertiary/aromatic N) is 4. The Morgan fingerprint density at radius 3 is 2.82 bits per heavy atom. The fraction of sp³-hybridized carbons (Fsp3) is 0.538. The van der Waals surface area contributed by atoms with Crippen molar-refractivity contribution in [3.63, 3.8) is 0 Å². The second kappa shape index (κ2) is 5.68. The van der Waals surface area contributed by atoms with E-state index in [2.05, 4.69) is 19.4 Å². The smallest absolute Gasteiger partial charge is 0.245 e. The van der Waals surface area contributed by atoms with E-state index < -0.39 is 10.0 Å². The van der Waals surface area contributed by atoms with E-state index in [9.17, 15) is 8.42 Å². The number of nitrogens with one attached hydrogen (secondary N) is 1. The minimum absolute atomic E-state index is 0.0284. The Morgan fingerprint density at radius 1 is 1.41 bits per heavy atom. The van der Waals surface area contributed by atoms with Crippen molar-refractivity contribution in [2.45, 2.75) is 44.2 Å². The maximum atomic E-state index is 12.4. The summed E-state index contributed by atoms with van der Waals surface area (Å²) in [4.78, 5) is 4.51. The molecule has 2 aromatic rings. The van der Waals surface area contributed by atoms with E-state index in [1.165, 1.54) is 4.68 Å². The van der Waals surface area contributed by atoms with Crippen LogP contribution in [0.3, 0.4) is 0 Å². The third-order valence-electron chi connectivity index (χ3n) is 3.77. The highest BCUT2D eigenvalue weighted by molar-refractivity contribution is 7.89. The molecule has 1 aliphatic heterocycles. The van der Waals surface area contributed by atoms with Crippen LogP contribution in [0, 0.1) is 6.92 Å². The SMILES string of the molecule is Cc1nn(C)c(Cl)c1S(=O)(=O)NCc1cn2c(n1)CCCC2. The van der Waals surface area contributed by atoms with E-state index in [0.717, 1.165) is 37.3 Å². The third-order valence-corrected chi connectivity index (χ3v) is 5.87. The summed E-state index contributed by atoms with van der Waals surface area (Å²) in [6.45, 7) is 2.71. The number of halogens is 1. The molecule has 0 saturated heterocycles. The molecule has 1 N–H and O–H groups in total. The normalized spacial score (nSPS) is 15.0. The maximum Gasteiger partial charge on any atom is 0.245 e. The van der Waals surface area contributed by atoms with E-state index >= 15 is 0 Å². The molecule has 0 saturated carbocycles. The fourth-order valence-electron chi connectivity index (χ4n) is 2.71. The second-order valence-corrected chi connectivity index (χ2v) is 7.51. The Kier molecular flexibility index (Phi) is 4.00. The van der Waals surface area contributed by atoms with Gasteiger partial charge in [0, 0.05) is 26.2 Å². The molecule has 9 heteroatoms. The number of hydrogen-bond acceptors (Lipinski definition) is 4. The van der Waals surface area contributed by atoms with Crippen LogP contribution < -0.4 is 4.72 Å². The summed E-state index contributed by atoms with van der Waals surface area (Å²) >= 11 is 6.02. The molecule has 0 aliphatic carbocycles. The third kappa shape index (κ3) is 2.78. The van der Waals surface area contributed by atoms with Gasteiger partial charge in [-0.2, -0.15) is 5.10 Å². The van der Waals surface area contributed by atoms with Crippen molar-refractivity contribution in [2.24, 2.45) is 7.05 Å².